The Morgan fingerprint density at radius 1 is 0.941 bits per heavy atom. The van der Waals surface area contributed by atoms with Gasteiger partial charge in [-0.15, -0.1) is 0 Å². The number of nitrogens with one attached hydrogen (secondary N) is 1. The van der Waals surface area contributed by atoms with Crippen LogP contribution in [-0.2, 0) is 19.0 Å². The summed E-state index contributed by atoms with van der Waals surface area (Å²) in [6.45, 7) is 13.8. The van der Waals surface area contributed by atoms with E-state index in [0.29, 0.717) is 13.0 Å². The third-order valence-electron chi connectivity index (χ3n) is 5.12. The standard InChI is InChI=1S/C20H39NO7.C4H10.C2H6/c1-15-18(24)19(25)16(14-22)28-20(15)27-13-9-5-6-10-17(23)21-11-7-3-4-8-12-26-2;1-4(2)3;1-2/h15-16,18-20,22,24-25H,3-14H2,1-2H3,(H,21,23);4H,1-3H3;1-2H3/t15?,16?,18-,19+,20-;;/m1../s1. The van der Waals surface area contributed by atoms with Gasteiger partial charge in [0.25, 0.3) is 0 Å². The molecule has 0 aromatic heterocycles. The van der Waals surface area contributed by atoms with Crippen molar-refractivity contribution < 1.29 is 34.3 Å². The van der Waals surface area contributed by atoms with Gasteiger partial charge in [-0.05, 0) is 31.6 Å². The number of carbonyl (C=O) groups excluding carboxylic acids is 1. The average molecular weight is 494 g/mol. The van der Waals surface area contributed by atoms with Gasteiger partial charge in [0, 0.05) is 39.2 Å². The number of amides is 1. The highest BCUT2D eigenvalue weighted by Crippen LogP contribution is 2.26. The van der Waals surface area contributed by atoms with Crippen LogP contribution in [0.4, 0.5) is 0 Å². The zero-order chi connectivity index (χ0) is 26.4. The lowest BCUT2D eigenvalue weighted by Gasteiger charge is -2.40. The van der Waals surface area contributed by atoms with Crippen molar-refractivity contribution in [2.45, 2.75) is 118 Å². The lowest BCUT2D eigenvalue weighted by atomic mass is 9.92. The summed E-state index contributed by atoms with van der Waals surface area (Å²) in [4.78, 5) is 11.8. The van der Waals surface area contributed by atoms with E-state index in [4.69, 9.17) is 14.2 Å². The molecule has 1 heterocycles. The zero-order valence-electron chi connectivity index (χ0n) is 22.9. The van der Waals surface area contributed by atoms with Gasteiger partial charge in [-0.1, -0.05) is 60.8 Å². The molecule has 1 amide bonds. The minimum atomic E-state index is -1.11. The van der Waals surface area contributed by atoms with Gasteiger partial charge in [0.1, 0.15) is 12.2 Å². The molecule has 5 atom stereocenters. The predicted octanol–water partition coefficient (Wildman–Crippen LogP) is 3.65. The maximum absolute atomic E-state index is 11.8. The third-order valence-corrected chi connectivity index (χ3v) is 5.12. The molecule has 8 nitrogen and oxygen atoms in total. The van der Waals surface area contributed by atoms with E-state index in [1.54, 1.807) is 14.0 Å². The molecule has 0 saturated carbocycles. The Balaban J connectivity index is 0. The first-order chi connectivity index (χ1) is 16.2. The van der Waals surface area contributed by atoms with E-state index in [-0.39, 0.29) is 18.4 Å². The van der Waals surface area contributed by atoms with Crippen LogP contribution in [-0.4, -0.2) is 79.3 Å². The van der Waals surface area contributed by atoms with Crippen molar-refractivity contribution in [1.29, 1.82) is 0 Å². The average Bonchev–Trinajstić information content (AvgIpc) is 2.81. The first-order valence-electron chi connectivity index (χ1n) is 13.2. The summed E-state index contributed by atoms with van der Waals surface area (Å²) >= 11 is 0. The second-order valence-corrected chi connectivity index (χ2v) is 9.24. The van der Waals surface area contributed by atoms with E-state index in [2.05, 4.69) is 26.1 Å². The Morgan fingerprint density at radius 3 is 2.09 bits per heavy atom. The number of ether oxygens (including phenoxy) is 3. The molecule has 4 N–H and O–H groups in total. The Labute approximate surface area is 208 Å². The molecule has 8 heteroatoms. The van der Waals surface area contributed by atoms with Gasteiger partial charge in [0.15, 0.2) is 6.29 Å². The molecule has 1 aliphatic heterocycles. The molecule has 0 spiro atoms. The Kier molecular flexibility index (Phi) is 24.9. The number of carbonyl (C=O) groups is 1. The Hall–Kier alpha value is -0.770. The van der Waals surface area contributed by atoms with E-state index >= 15 is 0 Å². The fraction of sp³-hybridized carbons (Fsp3) is 0.962. The summed E-state index contributed by atoms with van der Waals surface area (Å²) in [5.74, 6) is 0.544. The van der Waals surface area contributed by atoms with Crippen LogP contribution in [0.3, 0.4) is 0 Å². The second-order valence-electron chi connectivity index (χ2n) is 9.24. The summed E-state index contributed by atoms with van der Waals surface area (Å²) in [5, 5.41) is 32.0. The van der Waals surface area contributed by atoms with Crippen LogP contribution in [0.2, 0.25) is 0 Å². The van der Waals surface area contributed by atoms with Crippen LogP contribution in [0.25, 0.3) is 0 Å². The van der Waals surface area contributed by atoms with Crippen LogP contribution in [0.5, 0.6) is 0 Å². The second kappa shape index (κ2) is 23.9. The molecule has 1 saturated heterocycles. The zero-order valence-corrected chi connectivity index (χ0v) is 22.9. The number of aliphatic hydroxyl groups is 3. The van der Waals surface area contributed by atoms with Crippen molar-refractivity contribution in [2.75, 3.05) is 33.5 Å². The van der Waals surface area contributed by atoms with Crippen molar-refractivity contribution in [2.24, 2.45) is 11.8 Å². The highest BCUT2D eigenvalue weighted by molar-refractivity contribution is 5.75. The van der Waals surface area contributed by atoms with Gasteiger partial charge in [-0.3, -0.25) is 4.79 Å². The fourth-order valence-electron chi connectivity index (χ4n) is 3.22. The molecule has 0 radical (unpaired) electrons. The molecule has 0 aromatic carbocycles. The molecule has 0 aliphatic carbocycles. The first-order valence-corrected chi connectivity index (χ1v) is 13.2. The number of hydrogen-bond acceptors (Lipinski definition) is 7. The van der Waals surface area contributed by atoms with Crippen LogP contribution in [0.15, 0.2) is 0 Å². The molecule has 2 unspecified atom stereocenters. The molecular weight excluding hydrogens is 438 g/mol. The summed E-state index contributed by atoms with van der Waals surface area (Å²) in [7, 11) is 1.71. The Bertz CT molecular complexity index is 446. The number of methoxy groups -OCH3 is 1. The van der Waals surface area contributed by atoms with Gasteiger partial charge in [-0.2, -0.15) is 0 Å². The van der Waals surface area contributed by atoms with Crippen molar-refractivity contribution >= 4 is 5.91 Å². The highest BCUT2D eigenvalue weighted by Gasteiger charge is 2.42. The van der Waals surface area contributed by atoms with E-state index < -0.39 is 24.6 Å². The number of aliphatic hydroxyl groups excluding tert-OH is 3. The summed E-state index contributed by atoms with van der Waals surface area (Å²) in [6, 6.07) is 0. The monoisotopic (exact) mass is 493 g/mol. The number of unbranched alkanes of at least 4 members (excludes halogenated alkanes) is 5. The van der Waals surface area contributed by atoms with Crippen LogP contribution in [0, 0.1) is 11.8 Å². The van der Waals surface area contributed by atoms with Crippen molar-refractivity contribution in [3.63, 3.8) is 0 Å². The first kappa shape index (κ1) is 35.4. The molecule has 0 aromatic rings. The van der Waals surface area contributed by atoms with E-state index in [0.717, 1.165) is 64.0 Å². The predicted molar refractivity (Wildman–Crippen MR) is 137 cm³/mol. The van der Waals surface area contributed by atoms with Gasteiger partial charge >= 0.3 is 0 Å². The maximum Gasteiger partial charge on any atom is 0.219 e. The quantitative estimate of drug-likeness (QED) is 0.257. The largest absolute Gasteiger partial charge is 0.394 e. The maximum atomic E-state index is 11.8. The van der Waals surface area contributed by atoms with Crippen molar-refractivity contribution in [1.82, 2.24) is 5.32 Å². The van der Waals surface area contributed by atoms with Crippen molar-refractivity contribution in [3.8, 4) is 0 Å². The normalized spacial score (nSPS) is 24.0. The molecule has 1 aliphatic rings. The van der Waals surface area contributed by atoms with Gasteiger partial charge in [0.05, 0.1) is 12.7 Å². The van der Waals surface area contributed by atoms with Gasteiger partial charge < -0.3 is 34.8 Å². The van der Waals surface area contributed by atoms with Crippen LogP contribution >= 0.6 is 0 Å². The SMILES string of the molecule is CC.CC(C)C.COCCCCCCNC(=O)CCCCCO[C@@H]1OC(CO)[C@H](O)[C@H](O)C1C. The van der Waals surface area contributed by atoms with E-state index in [1.807, 2.05) is 13.8 Å². The molecular formula is C26H55NO7. The number of hydrogen-bond donors (Lipinski definition) is 4. The van der Waals surface area contributed by atoms with E-state index in [9.17, 15) is 20.1 Å². The third kappa shape index (κ3) is 18.5. The molecule has 34 heavy (non-hydrogen) atoms. The lowest BCUT2D eigenvalue weighted by molar-refractivity contribution is -0.282. The van der Waals surface area contributed by atoms with Gasteiger partial charge in [-0.25, -0.2) is 0 Å². The highest BCUT2D eigenvalue weighted by atomic mass is 16.7. The summed E-state index contributed by atoms with van der Waals surface area (Å²) < 4.78 is 16.2. The topological polar surface area (TPSA) is 117 Å². The molecule has 1 fully saturated rings. The summed E-state index contributed by atoms with van der Waals surface area (Å²) in [6.07, 6.45) is 3.67. The molecule has 1 rings (SSSR count). The van der Waals surface area contributed by atoms with Gasteiger partial charge in [0.2, 0.25) is 5.91 Å². The molecule has 0 bridgehead atoms. The number of rotatable bonds is 15. The summed E-state index contributed by atoms with van der Waals surface area (Å²) in [5.41, 5.74) is 0. The minimum absolute atomic E-state index is 0.0879. The van der Waals surface area contributed by atoms with Crippen molar-refractivity contribution in [3.05, 3.63) is 0 Å². The lowest BCUT2D eigenvalue weighted by Crippen LogP contribution is -2.55. The minimum Gasteiger partial charge on any atom is -0.394 e. The van der Waals surface area contributed by atoms with Crippen LogP contribution < -0.4 is 5.32 Å². The smallest absolute Gasteiger partial charge is 0.219 e. The Morgan fingerprint density at radius 2 is 1.50 bits per heavy atom. The fourth-order valence-corrected chi connectivity index (χ4v) is 3.22. The molecule has 206 valence electrons. The van der Waals surface area contributed by atoms with E-state index in [1.165, 1.54) is 0 Å². The van der Waals surface area contributed by atoms with Crippen LogP contribution in [0.1, 0.15) is 92.9 Å².